The summed E-state index contributed by atoms with van der Waals surface area (Å²) in [5, 5.41) is 8.85. The fourth-order valence-corrected chi connectivity index (χ4v) is 2.65. The van der Waals surface area contributed by atoms with E-state index in [9.17, 15) is 9.59 Å². The summed E-state index contributed by atoms with van der Waals surface area (Å²) >= 11 is 0. The van der Waals surface area contributed by atoms with Crippen LogP contribution in [0.1, 0.15) is 13.8 Å². The zero-order valence-corrected chi connectivity index (χ0v) is 15.7. The number of carbonyl (C=O) groups is 2. The Kier molecular flexibility index (Phi) is 6.06. The molecule has 7 heteroatoms. The Labute approximate surface area is 163 Å². The largest absolute Gasteiger partial charge is 0.455 e. The smallest absolute Gasteiger partial charge is 0.321 e. The lowest BCUT2D eigenvalue weighted by Crippen LogP contribution is -2.45. The second kappa shape index (κ2) is 8.85. The van der Waals surface area contributed by atoms with Gasteiger partial charge in [0.2, 0.25) is 5.91 Å². The summed E-state index contributed by atoms with van der Waals surface area (Å²) < 4.78 is 5.96. The molecule has 0 saturated carbocycles. The van der Waals surface area contributed by atoms with Gasteiger partial charge >= 0.3 is 6.03 Å². The molecule has 3 amide bonds. The fourth-order valence-electron chi connectivity index (χ4n) is 2.65. The molecule has 7 nitrogen and oxygen atoms in total. The van der Waals surface area contributed by atoms with E-state index in [1.165, 1.54) is 0 Å². The van der Waals surface area contributed by atoms with Crippen molar-refractivity contribution < 1.29 is 14.3 Å². The molecule has 1 heterocycles. The number of pyridine rings is 1. The number of benzene rings is 2. The number of aromatic nitrogens is 1. The Balaban J connectivity index is 1.63. The van der Waals surface area contributed by atoms with Crippen LogP contribution in [-0.2, 0) is 4.79 Å². The summed E-state index contributed by atoms with van der Waals surface area (Å²) in [6, 6.07) is 15.8. The predicted octanol–water partition coefficient (Wildman–Crippen LogP) is 3.67. The first-order valence-corrected chi connectivity index (χ1v) is 9.03. The molecule has 144 valence electrons. The number of urea groups is 1. The van der Waals surface area contributed by atoms with Crippen LogP contribution in [-0.4, -0.2) is 29.5 Å². The number of carbonyl (C=O) groups excluding carboxylic acids is 2. The molecule has 0 aliphatic heterocycles. The number of para-hydroxylation sites is 1. The lowest BCUT2D eigenvalue weighted by atomic mass is 10.2. The average molecular weight is 378 g/mol. The number of amides is 3. The lowest BCUT2D eigenvalue weighted by molar-refractivity contribution is -0.120. The second-order valence-electron chi connectivity index (χ2n) is 6.17. The highest BCUT2D eigenvalue weighted by Crippen LogP contribution is 2.28. The van der Waals surface area contributed by atoms with Crippen LogP contribution in [0.25, 0.3) is 10.9 Å². The Morgan fingerprint density at radius 2 is 1.82 bits per heavy atom. The van der Waals surface area contributed by atoms with Gasteiger partial charge in [0.25, 0.3) is 0 Å². The van der Waals surface area contributed by atoms with Crippen molar-refractivity contribution in [2.24, 2.45) is 0 Å². The van der Waals surface area contributed by atoms with Crippen LogP contribution in [0.4, 0.5) is 10.5 Å². The van der Waals surface area contributed by atoms with Crippen molar-refractivity contribution in [2.45, 2.75) is 19.9 Å². The molecule has 1 unspecified atom stereocenters. The number of nitrogens with zero attached hydrogens (tertiary/aromatic N) is 1. The topological polar surface area (TPSA) is 92.4 Å². The molecule has 3 N–H and O–H groups in total. The van der Waals surface area contributed by atoms with Crippen molar-refractivity contribution in [3.63, 3.8) is 0 Å². The average Bonchev–Trinajstić information content (AvgIpc) is 2.70. The Morgan fingerprint density at radius 1 is 1.07 bits per heavy atom. The van der Waals surface area contributed by atoms with Crippen molar-refractivity contribution in [2.75, 3.05) is 11.9 Å². The molecule has 1 aromatic heterocycles. The van der Waals surface area contributed by atoms with Gasteiger partial charge in [-0.3, -0.25) is 15.1 Å². The summed E-state index contributed by atoms with van der Waals surface area (Å²) in [6.07, 6.45) is 1.73. The van der Waals surface area contributed by atoms with E-state index in [-0.39, 0.29) is 0 Å². The quantitative estimate of drug-likeness (QED) is 0.609. The van der Waals surface area contributed by atoms with E-state index in [1.807, 2.05) is 42.5 Å². The molecule has 0 fully saturated rings. The van der Waals surface area contributed by atoms with Gasteiger partial charge in [-0.05, 0) is 50.2 Å². The first kappa shape index (κ1) is 19.2. The maximum Gasteiger partial charge on any atom is 0.321 e. The van der Waals surface area contributed by atoms with Crippen LogP contribution in [0, 0.1) is 0 Å². The van der Waals surface area contributed by atoms with Crippen LogP contribution in [0.3, 0.4) is 0 Å². The maximum atomic E-state index is 12.0. The third-order valence-corrected chi connectivity index (χ3v) is 4.03. The van der Waals surface area contributed by atoms with E-state index in [2.05, 4.69) is 20.9 Å². The number of nitrogens with one attached hydrogen (secondary N) is 3. The van der Waals surface area contributed by atoms with E-state index in [1.54, 1.807) is 32.2 Å². The molecule has 2 aromatic carbocycles. The monoisotopic (exact) mass is 378 g/mol. The number of rotatable bonds is 6. The first-order chi connectivity index (χ1) is 13.6. The molecule has 0 aliphatic carbocycles. The molecule has 0 saturated heterocycles. The van der Waals surface area contributed by atoms with Gasteiger partial charge in [-0.25, -0.2) is 4.79 Å². The normalized spacial score (nSPS) is 11.5. The van der Waals surface area contributed by atoms with Gasteiger partial charge in [0.15, 0.2) is 5.75 Å². The molecule has 3 aromatic rings. The van der Waals surface area contributed by atoms with Crippen molar-refractivity contribution in [1.82, 2.24) is 15.6 Å². The van der Waals surface area contributed by atoms with Crippen LogP contribution >= 0.6 is 0 Å². The van der Waals surface area contributed by atoms with Gasteiger partial charge in [-0.15, -0.1) is 0 Å². The molecule has 1 atom stereocenters. The summed E-state index contributed by atoms with van der Waals surface area (Å²) in [6.45, 7) is 3.92. The van der Waals surface area contributed by atoms with Gasteiger partial charge in [0.05, 0.1) is 0 Å². The van der Waals surface area contributed by atoms with E-state index in [4.69, 9.17) is 4.74 Å². The van der Waals surface area contributed by atoms with Gasteiger partial charge < -0.3 is 15.4 Å². The molecule has 0 aliphatic rings. The second-order valence-corrected chi connectivity index (χ2v) is 6.17. The first-order valence-electron chi connectivity index (χ1n) is 9.03. The maximum absolute atomic E-state index is 12.0. The SMILES string of the molecule is CCNC(=O)NC(=O)C(C)Nc1ccc(Oc2cccc3cccnc23)cc1. The third kappa shape index (κ3) is 4.76. The Hall–Kier alpha value is -3.61. The summed E-state index contributed by atoms with van der Waals surface area (Å²) in [5.74, 6) is 0.921. The molecule has 0 bridgehead atoms. The highest BCUT2D eigenvalue weighted by atomic mass is 16.5. The van der Waals surface area contributed by atoms with Crippen LogP contribution in [0.15, 0.2) is 60.8 Å². The standard InChI is InChI=1S/C21H22N4O3/c1-3-22-21(27)25-20(26)14(2)24-16-9-11-17(12-10-16)28-18-8-4-6-15-7-5-13-23-19(15)18/h4-14,24H,3H2,1-2H3,(H2,22,25,26,27). The van der Waals surface area contributed by atoms with E-state index < -0.39 is 18.0 Å². The molecular formula is C21H22N4O3. The van der Waals surface area contributed by atoms with Gasteiger partial charge in [0.1, 0.15) is 17.3 Å². The number of ether oxygens (including phenoxy) is 1. The minimum Gasteiger partial charge on any atom is -0.455 e. The van der Waals surface area contributed by atoms with Crippen LogP contribution < -0.4 is 20.7 Å². The summed E-state index contributed by atoms with van der Waals surface area (Å²) in [7, 11) is 0. The summed E-state index contributed by atoms with van der Waals surface area (Å²) in [4.78, 5) is 27.8. The number of hydrogen-bond acceptors (Lipinski definition) is 5. The van der Waals surface area contributed by atoms with Gasteiger partial charge in [-0.1, -0.05) is 18.2 Å². The van der Waals surface area contributed by atoms with Crippen molar-refractivity contribution >= 4 is 28.5 Å². The molecule has 0 spiro atoms. The van der Waals surface area contributed by atoms with Crippen LogP contribution in [0.5, 0.6) is 11.5 Å². The lowest BCUT2D eigenvalue weighted by Gasteiger charge is -2.15. The minimum absolute atomic E-state index is 0.409. The predicted molar refractivity (Wildman–Crippen MR) is 109 cm³/mol. The molecule has 3 rings (SSSR count). The molecule has 28 heavy (non-hydrogen) atoms. The van der Waals surface area contributed by atoms with Gasteiger partial charge in [-0.2, -0.15) is 0 Å². The van der Waals surface area contributed by atoms with Crippen molar-refractivity contribution in [3.05, 3.63) is 60.8 Å². The number of fused-ring (bicyclic) bond motifs is 1. The highest BCUT2D eigenvalue weighted by molar-refractivity contribution is 5.97. The van der Waals surface area contributed by atoms with Crippen molar-refractivity contribution in [1.29, 1.82) is 0 Å². The van der Waals surface area contributed by atoms with Crippen LogP contribution in [0.2, 0.25) is 0 Å². The Morgan fingerprint density at radius 3 is 2.57 bits per heavy atom. The van der Waals surface area contributed by atoms with Crippen molar-refractivity contribution in [3.8, 4) is 11.5 Å². The number of imide groups is 1. The fraction of sp³-hybridized carbons (Fsp3) is 0.190. The molecule has 0 radical (unpaired) electrons. The number of anilines is 1. The summed E-state index contributed by atoms with van der Waals surface area (Å²) in [5.41, 5.74) is 1.53. The number of hydrogen-bond donors (Lipinski definition) is 3. The van der Waals surface area contributed by atoms with E-state index in [0.717, 1.165) is 16.6 Å². The van der Waals surface area contributed by atoms with E-state index >= 15 is 0 Å². The highest BCUT2D eigenvalue weighted by Gasteiger charge is 2.15. The minimum atomic E-state index is -0.573. The third-order valence-electron chi connectivity index (χ3n) is 4.03. The van der Waals surface area contributed by atoms with E-state index in [0.29, 0.717) is 18.0 Å². The zero-order valence-electron chi connectivity index (χ0n) is 15.7. The van der Waals surface area contributed by atoms with Gasteiger partial charge in [0, 0.05) is 23.8 Å². The Bertz CT molecular complexity index is 968. The zero-order chi connectivity index (χ0) is 19.9. The molecular weight excluding hydrogens is 356 g/mol.